The van der Waals surface area contributed by atoms with E-state index in [1.165, 1.54) is 24.1 Å². The SMILES string of the molecule is C1=C2CCCNC2=C[N]C1. The van der Waals surface area contributed by atoms with Gasteiger partial charge in [0.2, 0.25) is 0 Å². The van der Waals surface area contributed by atoms with E-state index in [0.29, 0.717) is 0 Å². The molecule has 53 valence electrons. The Kier molecular flexibility index (Phi) is 1.38. The predicted molar refractivity (Wildman–Crippen MR) is 40.4 cm³/mol. The molecule has 1 fully saturated rings. The van der Waals surface area contributed by atoms with Crippen molar-refractivity contribution in [3.63, 3.8) is 0 Å². The van der Waals surface area contributed by atoms with Crippen LogP contribution in [0, 0.1) is 0 Å². The van der Waals surface area contributed by atoms with Gasteiger partial charge >= 0.3 is 0 Å². The van der Waals surface area contributed by atoms with Crippen molar-refractivity contribution in [2.24, 2.45) is 0 Å². The molecule has 0 saturated carbocycles. The molecule has 1 N–H and O–H groups in total. The third-order valence-corrected chi connectivity index (χ3v) is 1.95. The Morgan fingerprint density at radius 3 is 3.40 bits per heavy atom. The van der Waals surface area contributed by atoms with E-state index >= 15 is 0 Å². The zero-order chi connectivity index (χ0) is 6.81. The molecule has 2 aliphatic rings. The first kappa shape index (κ1) is 5.83. The van der Waals surface area contributed by atoms with Crippen molar-refractivity contribution in [1.82, 2.24) is 10.6 Å². The van der Waals surface area contributed by atoms with Gasteiger partial charge in [0.25, 0.3) is 0 Å². The summed E-state index contributed by atoms with van der Waals surface area (Å²) in [5.74, 6) is 0. The summed E-state index contributed by atoms with van der Waals surface area (Å²) in [5.41, 5.74) is 2.71. The molecule has 0 amide bonds. The smallest absolute Gasteiger partial charge is 0.0577 e. The molecular weight excluding hydrogens is 124 g/mol. The van der Waals surface area contributed by atoms with Crippen molar-refractivity contribution in [3.8, 4) is 0 Å². The van der Waals surface area contributed by atoms with Crippen LogP contribution in [-0.2, 0) is 0 Å². The van der Waals surface area contributed by atoms with E-state index in [9.17, 15) is 0 Å². The molecule has 0 aliphatic carbocycles. The second-order valence-corrected chi connectivity index (χ2v) is 2.67. The molecule has 0 bridgehead atoms. The molecule has 0 aromatic rings. The number of fused-ring (bicyclic) bond motifs is 1. The first-order chi connectivity index (χ1) is 4.97. The first-order valence-corrected chi connectivity index (χ1v) is 3.77. The van der Waals surface area contributed by atoms with Crippen LogP contribution in [0.3, 0.4) is 0 Å². The van der Waals surface area contributed by atoms with E-state index in [1.807, 2.05) is 6.20 Å². The molecular formula is C8H11N2. The van der Waals surface area contributed by atoms with Gasteiger partial charge < -0.3 is 5.32 Å². The molecule has 10 heavy (non-hydrogen) atoms. The van der Waals surface area contributed by atoms with E-state index in [1.54, 1.807) is 0 Å². The maximum absolute atomic E-state index is 4.16. The van der Waals surface area contributed by atoms with Crippen LogP contribution < -0.4 is 10.6 Å². The van der Waals surface area contributed by atoms with E-state index in [-0.39, 0.29) is 0 Å². The molecule has 1 saturated heterocycles. The zero-order valence-corrected chi connectivity index (χ0v) is 5.93. The van der Waals surface area contributed by atoms with Crippen molar-refractivity contribution in [3.05, 3.63) is 23.5 Å². The number of hydrogen-bond donors (Lipinski definition) is 1. The second-order valence-electron chi connectivity index (χ2n) is 2.67. The van der Waals surface area contributed by atoms with Gasteiger partial charge in [-0.2, -0.15) is 0 Å². The quantitative estimate of drug-likeness (QED) is 0.521. The molecule has 2 rings (SSSR count). The lowest BCUT2D eigenvalue weighted by atomic mass is 10.0. The van der Waals surface area contributed by atoms with Crippen molar-refractivity contribution in [2.75, 3.05) is 13.1 Å². The van der Waals surface area contributed by atoms with E-state index in [2.05, 4.69) is 16.7 Å². The maximum atomic E-state index is 4.16. The monoisotopic (exact) mass is 135 g/mol. The largest absolute Gasteiger partial charge is 0.384 e. The zero-order valence-electron chi connectivity index (χ0n) is 5.93. The molecule has 0 aromatic heterocycles. The summed E-state index contributed by atoms with van der Waals surface area (Å²) in [5, 5.41) is 7.48. The summed E-state index contributed by atoms with van der Waals surface area (Å²) in [6, 6.07) is 0. The number of rotatable bonds is 0. The lowest BCUT2D eigenvalue weighted by Gasteiger charge is -2.22. The Bertz CT molecular complexity index is 169. The third-order valence-electron chi connectivity index (χ3n) is 1.95. The average Bonchev–Trinajstić information content (AvgIpc) is 2.05. The van der Waals surface area contributed by atoms with Crippen LogP contribution in [0.5, 0.6) is 0 Å². The summed E-state index contributed by atoms with van der Waals surface area (Å²) < 4.78 is 0. The Morgan fingerprint density at radius 1 is 1.50 bits per heavy atom. The van der Waals surface area contributed by atoms with E-state index in [0.717, 1.165) is 13.1 Å². The highest BCUT2D eigenvalue weighted by atomic mass is 14.9. The molecule has 2 heterocycles. The van der Waals surface area contributed by atoms with Gasteiger partial charge in [-0.05, 0) is 18.4 Å². The van der Waals surface area contributed by atoms with Crippen LogP contribution in [-0.4, -0.2) is 13.1 Å². The Morgan fingerprint density at radius 2 is 2.50 bits per heavy atom. The van der Waals surface area contributed by atoms with Gasteiger partial charge in [-0.1, -0.05) is 6.08 Å². The van der Waals surface area contributed by atoms with Gasteiger partial charge in [0.15, 0.2) is 0 Å². The Hall–Kier alpha value is -0.920. The van der Waals surface area contributed by atoms with Crippen LogP contribution in [0.2, 0.25) is 0 Å². The maximum Gasteiger partial charge on any atom is 0.0577 e. The van der Waals surface area contributed by atoms with Crippen molar-refractivity contribution in [2.45, 2.75) is 12.8 Å². The second kappa shape index (κ2) is 2.37. The van der Waals surface area contributed by atoms with Crippen LogP contribution in [0.4, 0.5) is 0 Å². The minimum atomic E-state index is 0.876. The molecule has 2 nitrogen and oxygen atoms in total. The molecule has 2 aliphatic heterocycles. The fourth-order valence-corrected chi connectivity index (χ4v) is 1.40. The predicted octanol–water partition coefficient (Wildman–Crippen LogP) is 0.756. The average molecular weight is 135 g/mol. The lowest BCUT2D eigenvalue weighted by molar-refractivity contribution is 0.649. The fourth-order valence-electron chi connectivity index (χ4n) is 1.40. The highest BCUT2D eigenvalue weighted by Crippen LogP contribution is 2.19. The number of hydrogen-bond acceptors (Lipinski definition) is 1. The van der Waals surface area contributed by atoms with Gasteiger partial charge in [-0.25, -0.2) is 0 Å². The van der Waals surface area contributed by atoms with Crippen LogP contribution >= 0.6 is 0 Å². The van der Waals surface area contributed by atoms with E-state index < -0.39 is 0 Å². The topological polar surface area (TPSA) is 26.1 Å². The minimum absolute atomic E-state index is 0.876. The van der Waals surface area contributed by atoms with E-state index in [4.69, 9.17) is 0 Å². The number of allylic oxidation sites excluding steroid dienone is 1. The van der Waals surface area contributed by atoms with Crippen LogP contribution in [0.25, 0.3) is 0 Å². The molecule has 0 aromatic carbocycles. The molecule has 1 radical (unpaired) electrons. The Balaban J connectivity index is 2.19. The highest BCUT2D eigenvalue weighted by molar-refractivity contribution is 5.33. The van der Waals surface area contributed by atoms with Crippen LogP contribution in [0.15, 0.2) is 23.5 Å². The lowest BCUT2D eigenvalue weighted by Crippen LogP contribution is -2.25. The van der Waals surface area contributed by atoms with Crippen molar-refractivity contribution in [1.29, 1.82) is 0 Å². The number of nitrogens with one attached hydrogen (secondary N) is 1. The fraction of sp³-hybridized carbons (Fsp3) is 0.500. The summed E-state index contributed by atoms with van der Waals surface area (Å²) in [6.07, 6.45) is 6.66. The molecule has 0 spiro atoms. The van der Waals surface area contributed by atoms with Gasteiger partial charge in [-0.3, -0.25) is 5.32 Å². The Labute approximate surface area is 61.0 Å². The summed E-state index contributed by atoms with van der Waals surface area (Å²) in [6.45, 7) is 1.99. The van der Waals surface area contributed by atoms with Gasteiger partial charge in [0.1, 0.15) is 0 Å². The molecule has 0 atom stereocenters. The number of nitrogens with zero attached hydrogens (tertiary/aromatic N) is 1. The molecule has 0 unspecified atom stereocenters. The van der Waals surface area contributed by atoms with Crippen molar-refractivity contribution >= 4 is 0 Å². The number of piperidine rings is 1. The standard InChI is InChI=1S/C8H11N2/c1-2-7-3-5-9-6-8(7)10-4-1/h3,6,10H,1-2,4-5H2. The highest BCUT2D eigenvalue weighted by Gasteiger charge is 2.12. The van der Waals surface area contributed by atoms with Crippen LogP contribution in [0.1, 0.15) is 12.8 Å². The van der Waals surface area contributed by atoms with Gasteiger partial charge in [0.05, 0.1) is 12.2 Å². The van der Waals surface area contributed by atoms with Gasteiger partial charge in [-0.15, -0.1) is 0 Å². The normalized spacial score (nSPS) is 23.2. The first-order valence-electron chi connectivity index (χ1n) is 3.77. The molecule has 2 heteroatoms. The third kappa shape index (κ3) is 0.897. The summed E-state index contributed by atoms with van der Waals surface area (Å²) >= 11 is 0. The van der Waals surface area contributed by atoms with Gasteiger partial charge in [0, 0.05) is 12.7 Å². The summed E-state index contributed by atoms with van der Waals surface area (Å²) in [7, 11) is 0. The summed E-state index contributed by atoms with van der Waals surface area (Å²) in [4.78, 5) is 0. The van der Waals surface area contributed by atoms with Crippen molar-refractivity contribution < 1.29 is 0 Å². The minimum Gasteiger partial charge on any atom is -0.384 e.